The summed E-state index contributed by atoms with van der Waals surface area (Å²) in [5.74, 6) is 0.453. The van der Waals surface area contributed by atoms with E-state index in [0.717, 1.165) is 23.5 Å². The van der Waals surface area contributed by atoms with E-state index in [0.29, 0.717) is 22.4 Å². The van der Waals surface area contributed by atoms with Crippen molar-refractivity contribution in [1.82, 2.24) is 24.9 Å². The van der Waals surface area contributed by atoms with Gasteiger partial charge in [0.1, 0.15) is 11.3 Å². The van der Waals surface area contributed by atoms with E-state index in [1.807, 2.05) is 6.92 Å². The summed E-state index contributed by atoms with van der Waals surface area (Å²) >= 11 is 1.41. The molecule has 0 radical (unpaired) electrons. The zero-order valence-corrected chi connectivity index (χ0v) is 14.2. The van der Waals surface area contributed by atoms with Crippen LogP contribution in [0.15, 0.2) is 31.1 Å². The normalized spacial score (nSPS) is 13.5. The SMILES string of the molecule is Cc1ncc(NC(=O)c2nc(C3CC3)cnc2Nc2cncnc2)s1. The third-order valence-electron chi connectivity index (χ3n) is 3.68. The number of aromatic nitrogens is 5. The predicted octanol–water partition coefficient (Wildman–Crippen LogP) is 2.90. The number of nitrogens with one attached hydrogen (secondary N) is 2. The van der Waals surface area contributed by atoms with E-state index in [1.54, 1.807) is 24.8 Å². The number of aryl methyl sites for hydroxylation is 1. The van der Waals surface area contributed by atoms with Gasteiger partial charge < -0.3 is 10.6 Å². The smallest absolute Gasteiger partial charge is 0.278 e. The van der Waals surface area contributed by atoms with Crippen molar-refractivity contribution in [3.05, 3.63) is 47.5 Å². The van der Waals surface area contributed by atoms with Gasteiger partial charge in [0.15, 0.2) is 11.5 Å². The maximum absolute atomic E-state index is 12.7. The molecule has 1 fully saturated rings. The number of hydrogen-bond acceptors (Lipinski definition) is 8. The Labute approximate surface area is 147 Å². The monoisotopic (exact) mass is 353 g/mol. The molecule has 4 rings (SSSR count). The molecule has 1 aliphatic carbocycles. The summed E-state index contributed by atoms with van der Waals surface area (Å²) in [5, 5.41) is 7.45. The molecule has 25 heavy (non-hydrogen) atoms. The first-order valence-electron chi connectivity index (χ1n) is 7.82. The fraction of sp³-hybridized carbons (Fsp3) is 0.250. The Hall–Kier alpha value is -2.94. The van der Waals surface area contributed by atoms with E-state index >= 15 is 0 Å². The summed E-state index contributed by atoms with van der Waals surface area (Å²) in [5.41, 5.74) is 1.73. The number of carbonyl (C=O) groups is 1. The highest BCUT2D eigenvalue weighted by Crippen LogP contribution is 2.39. The molecular weight excluding hydrogens is 338 g/mol. The number of hydrogen-bond donors (Lipinski definition) is 2. The Balaban J connectivity index is 1.64. The van der Waals surface area contributed by atoms with Gasteiger partial charge in [-0.3, -0.25) is 4.79 Å². The minimum Gasteiger partial charge on any atom is -0.336 e. The van der Waals surface area contributed by atoms with Crippen molar-refractivity contribution in [1.29, 1.82) is 0 Å². The predicted molar refractivity (Wildman–Crippen MR) is 94.1 cm³/mol. The Morgan fingerprint density at radius 2 is 1.96 bits per heavy atom. The van der Waals surface area contributed by atoms with Crippen molar-refractivity contribution in [2.75, 3.05) is 10.6 Å². The molecule has 1 saturated carbocycles. The van der Waals surface area contributed by atoms with Crippen molar-refractivity contribution >= 4 is 33.8 Å². The van der Waals surface area contributed by atoms with Crippen molar-refractivity contribution < 1.29 is 4.79 Å². The van der Waals surface area contributed by atoms with Crippen molar-refractivity contribution in [3.8, 4) is 0 Å². The summed E-state index contributed by atoms with van der Waals surface area (Å²) in [6.07, 6.45) is 10.2. The van der Waals surface area contributed by atoms with E-state index in [-0.39, 0.29) is 11.6 Å². The van der Waals surface area contributed by atoms with Gasteiger partial charge in [-0.25, -0.2) is 24.9 Å². The largest absolute Gasteiger partial charge is 0.336 e. The first-order chi connectivity index (χ1) is 12.2. The molecule has 3 heterocycles. The van der Waals surface area contributed by atoms with Crippen LogP contribution >= 0.6 is 11.3 Å². The fourth-order valence-corrected chi connectivity index (χ4v) is 2.99. The van der Waals surface area contributed by atoms with E-state index in [9.17, 15) is 4.79 Å². The van der Waals surface area contributed by atoms with Crippen LogP contribution in [0.25, 0.3) is 0 Å². The average Bonchev–Trinajstić information content (AvgIpc) is 3.39. The summed E-state index contributed by atoms with van der Waals surface area (Å²) in [6.45, 7) is 1.89. The molecule has 8 nitrogen and oxygen atoms in total. The van der Waals surface area contributed by atoms with Gasteiger partial charge in [-0.2, -0.15) is 0 Å². The molecule has 0 aromatic carbocycles. The minimum absolute atomic E-state index is 0.249. The summed E-state index contributed by atoms with van der Waals surface area (Å²) in [7, 11) is 0. The summed E-state index contributed by atoms with van der Waals surface area (Å²) in [6, 6.07) is 0. The van der Waals surface area contributed by atoms with Gasteiger partial charge in [0.25, 0.3) is 5.91 Å². The van der Waals surface area contributed by atoms with Crippen LogP contribution in [0.5, 0.6) is 0 Å². The lowest BCUT2D eigenvalue weighted by Gasteiger charge is -2.11. The molecule has 3 aromatic rings. The number of carbonyl (C=O) groups excluding carboxylic acids is 1. The number of amides is 1. The van der Waals surface area contributed by atoms with Crippen LogP contribution in [0.2, 0.25) is 0 Å². The highest BCUT2D eigenvalue weighted by atomic mass is 32.1. The average molecular weight is 353 g/mol. The van der Waals surface area contributed by atoms with Crippen molar-refractivity contribution in [3.63, 3.8) is 0 Å². The Kier molecular flexibility index (Phi) is 4.06. The van der Waals surface area contributed by atoms with Crippen LogP contribution in [0.3, 0.4) is 0 Å². The van der Waals surface area contributed by atoms with E-state index in [4.69, 9.17) is 0 Å². The van der Waals surface area contributed by atoms with Gasteiger partial charge in [-0.05, 0) is 19.8 Å². The van der Waals surface area contributed by atoms with Crippen LogP contribution in [-0.2, 0) is 0 Å². The number of anilines is 3. The van der Waals surface area contributed by atoms with E-state index in [2.05, 4.69) is 35.6 Å². The third-order valence-corrected chi connectivity index (χ3v) is 4.51. The molecule has 1 aliphatic rings. The summed E-state index contributed by atoms with van der Waals surface area (Å²) < 4.78 is 0. The molecule has 2 N–H and O–H groups in total. The Morgan fingerprint density at radius 3 is 2.64 bits per heavy atom. The van der Waals surface area contributed by atoms with Crippen LogP contribution in [-0.4, -0.2) is 30.8 Å². The zero-order valence-electron chi connectivity index (χ0n) is 13.4. The van der Waals surface area contributed by atoms with Gasteiger partial charge in [-0.15, -0.1) is 11.3 Å². The number of rotatable bonds is 5. The standard InChI is InChI=1S/C16H15N7OS/c1-9-19-7-13(25-9)23-16(24)14-15(21-11-4-17-8-18-5-11)20-6-12(22-14)10-2-3-10/h4-8,10H,2-3H2,1H3,(H,20,21)(H,23,24). The molecule has 0 atom stereocenters. The first kappa shape index (κ1) is 15.6. The number of thiazole rings is 1. The second kappa shape index (κ2) is 6.52. The lowest BCUT2D eigenvalue weighted by molar-refractivity contribution is 0.102. The second-order valence-electron chi connectivity index (χ2n) is 5.72. The minimum atomic E-state index is -0.321. The molecule has 0 unspecified atom stereocenters. The van der Waals surface area contributed by atoms with Crippen LogP contribution in [0.1, 0.15) is 39.9 Å². The number of nitrogens with zero attached hydrogens (tertiary/aromatic N) is 5. The molecule has 3 aromatic heterocycles. The summed E-state index contributed by atoms with van der Waals surface area (Å²) in [4.78, 5) is 33.7. The van der Waals surface area contributed by atoms with Gasteiger partial charge in [-0.1, -0.05) is 0 Å². The van der Waals surface area contributed by atoms with Crippen molar-refractivity contribution in [2.24, 2.45) is 0 Å². The first-order valence-corrected chi connectivity index (χ1v) is 8.63. The van der Waals surface area contributed by atoms with Crippen LogP contribution < -0.4 is 10.6 Å². The molecule has 0 saturated heterocycles. The van der Waals surface area contributed by atoms with Gasteiger partial charge in [0.2, 0.25) is 0 Å². The molecule has 0 aliphatic heterocycles. The third kappa shape index (κ3) is 3.61. The fourth-order valence-electron chi connectivity index (χ4n) is 2.32. The second-order valence-corrected chi connectivity index (χ2v) is 6.95. The molecule has 0 bridgehead atoms. The molecule has 126 valence electrons. The lowest BCUT2D eigenvalue weighted by Crippen LogP contribution is -2.17. The van der Waals surface area contributed by atoms with Crippen LogP contribution in [0, 0.1) is 6.92 Å². The maximum Gasteiger partial charge on any atom is 0.278 e. The zero-order chi connectivity index (χ0) is 17.2. The van der Waals surface area contributed by atoms with Gasteiger partial charge >= 0.3 is 0 Å². The maximum atomic E-state index is 12.7. The highest BCUT2D eigenvalue weighted by Gasteiger charge is 2.27. The van der Waals surface area contributed by atoms with E-state index < -0.39 is 0 Å². The van der Waals surface area contributed by atoms with E-state index in [1.165, 1.54) is 17.7 Å². The lowest BCUT2D eigenvalue weighted by atomic mass is 10.2. The quantitative estimate of drug-likeness (QED) is 0.726. The Bertz CT molecular complexity index is 908. The molecule has 1 amide bonds. The topological polar surface area (TPSA) is 106 Å². The van der Waals surface area contributed by atoms with Gasteiger partial charge in [0, 0.05) is 5.92 Å². The van der Waals surface area contributed by atoms with Gasteiger partial charge in [0.05, 0.1) is 41.2 Å². The van der Waals surface area contributed by atoms with Crippen LogP contribution in [0.4, 0.5) is 16.5 Å². The molecule has 9 heteroatoms. The highest BCUT2D eigenvalue weighted by molar-refractivity contribution is 7.15. The Morgan fingerprint density at radius 1 is 1.16 bits per heavy atom. The van der Waals surface area contributed by atoms with Crippen molar-refractivity contribution in [2.45, 2.75) is 25.7 Å². The molecule has 0 spiro atoms. The molecular formula is C16H15N7OS.